The van der Waals surface area contributed by atoms with Crippen LogP contribution in [-0.4, -0.2) is 18.4 Å². The number of nitrogens with one attached hydrogen (secondary N) is 2. The fourth-order valence-corrected chi connectivity index (χ4v) is 1.65. The molecule has 0 atom stereocenters. The third-order valence-corrected chi connectivity index (χ3v) is 3.46. The van der Waals surface area contributed by atoms with E-state index in [-0.39, 0.29) is 5.91 Å². The van der Waals surface area contributed by atoms with Gasteiger partial charge in [-0.2, -0.15) is 0 Å². The average molecular weight is 315 g/mol. The molecule has 0 saturated heterocycles. The van der Waals surface area contributed by atoms with E-state index in [0.717, 1.165) is 0 Å². The second-order valence-corrected chi connectivity index (χ2v) is 5.52. The van der Waals surface area contributed by atoms with Crippen LogP contribution in [-0.2, 0) is 9.59 Å². The molecule has 0 unspecified atom stereocenters. The summed E-state index contributed by atoms with van der Waals surface area (Å²) in [7, 11) is 0. The summed E-state index contributed by atoms with van der Waals surface area (Å²) in [6, 6.07) is 4.72. The molecule has 0 saturated carbocycles. The van der Waals surface area contributed by atoms with Crippen molar-refractivity contribution in [2.24, 2.45) is 5.41 Å². The second-order valence-electron chi connectivity index (χ2n) is 4.71. The van der Waals surface area contributed by atoms with Crippen molar-refractivity contribution in [2.75, 3.05) is 11.9 Å². The number of halogens is 2. The van der Waals surface area contributed by atoms with E-state index >= 15 is 0 Å². The molecule has 0 aliphatic rings. The zero-order valence-electron chi connectivity index (χ0n) is 11.3. The van der Waals surface area contributed by atoms with Gasteiger partial charge < -0.3 is 10.6 Å². The highest BCUT2D eigenvalue weighted by Crippen LogP contribution is 2.26. The first-order chi connectivity index (χ1) is 9.28. The number of carbonyl (C=O) groups is 2. The van der Waals surface area contributed by atoms with E-state index in [0.29, 0.717) is 22.3 Å². The molecule has 6 heteroatoms. The molecule has 0 radical (unpaired) electrons. The Balaban J connectivity index is 2.80. The highest BCUT2D eigenvalue weighted by molar-refractivity contribution is 6.42. The molecular weight excluding hydrogens is 299 g/mol. The van der Waals surface area contributed by atoms with Gasteiger partial charge in [0.25, 0.3) is 0 Å². The maximum absolute atomic E-state index is 12.2. The summed E-state index contributed by atoms with van der Waals surface area (Å²) in [5, 5.41) is 5.96. The fraction of sp³-hybridized carbons (Fsp3) is 0.286. The Hall–Kier alpha value is -1.52. The third kappa shape index (κ3) is 3.99. The lowest BCUT2D eigenvalue weighted by Crippen LogP contribution is -2.45. The molecule has 0 bridgehead atoms. The molecular formula is C14H16Cl2N2O2. The molecule has 0 aliphatic carbocycles. The van der Waals surface area contributed by atoms with Crippen LogP contribution >= 0.6 is 23.2 Å². The molecule has 2 amide bonds. The van der Waals surface area contributed by atoms with Gasteiger partial charge in [0, 0.05) is 12.2 Å². The Morgan fingerprint density at radius 3 is 2.45 bits per heavy atom. The van der Waals surface area contributed by atoms with Crippen molar-refractivity contribution in [1.82, 2.24) is 5.32 Å². The van der Waals surface area contributed by atoms with Crippen LogP contribution in [0.2, 0.25) is 10.0 Å². The maximum atomic E-state index is 12.2. The van der Waals surface area contributed by atoms with Gasteiger partial charge in [0.2, 0.25) is 11.8 Å². The molecule has 1 aromatic rings. The number of benzene rings is 1. The number of rotatable bonds is 5. The summed E-state index contributed by atoms with van der Waals surface area (Å²) < 4.78 is 0. The molecule has 0 heterocycles. The summed E-state index contributed by atoms with van der Waals surface area (Å²) in [5.74, 6) is -0.813. The summed E-state index contributed by atoms with van der Waals surface area (Å²) in [6.45, 7) is 6.89. The van der Waals surface area contributed by atoms with Gasteiger partial charge in [-0.05, 0) is 32.0 Å². The van der Waals surface area contributed by atoms with Gasteiger partial charge in [-0.15, -0.1) is 6.58 Å². The average Bonchev–Trinajstić information content (AvgIpc) is 2.39. The smallest absolute Gasteiger partial charge is 0.239 e. The number of amides is 2. The van der Waals surface area contributed by atoms with Crippen molar-refractivity contribution in [3.63, 3.8) is 0 Å². The zero-order chi connectivity index (χ0) is 15.3. The SMILES string of the molecule is C=CCNC(=O)C(C)(C)C(=O)Nc1ccc(Cl)c(Cl)c1. The van der Waals surface area contributed by atoms with E-state index in [1.807, 2.05) is 0 Å². The minimum Gasteiger partial charge on any atom is -0.352 e. The third-order valence-electron chi connectivity index (χ3n) is 2.72. The molecule has 4 nitrogen and oxygen atoms in total. The zero-order valence-corrected chi connectivity index (χ0v) is 12.8. The van der Waals surface area contributed by atoms with Crippen molar-refractivity contribution in [1.29, 1.82) is 0 Å². The van der Waals surface area contributed by atoms with Crippen LogP contribution in [0.1, 0.15) is 13.8 Å². The topological polar surface area (TPSA) is 58.2 Å². The molecule has 0 aliphatic heterocycles. The number of hydrogen-bond donors (Lipinski definition) is 2. The molecule has 0 spiro atoms. The summed E-state index contributed by atoms with van der Waals surface area (Å²) in [5.41, 5.74) is -0.733. The lowest BCUT2D eigenvalue weighted by atomic mass is 9.91. The molecule has 20 heavy (non-hydrogen) atoms. The molecule has 0 fully saturated rings. The van der Waals surface area contributed by atoms with Gasteiger partial charge in [0.05, 0.1) is 10.0 Å². The minimum atomic E-state index is -1.21. The standard InChI is InChI=1S/C14H16Cl2N2O2/c1-4-7-17-12(19)14(2,3)13(20)18-9-5-6-10(15)11(16)8-9/h4-6,8H,1,7H2,2-3H3,(H,17,19)(H,18,20). The second kappa shape index (κ2) is 6.77. The Labute approximate surface area is 128 Å². The van der Waals surface area contributed by atoms with E-state index < -0.39 is 11.3 Å². The van der Waals surface area contributed by atoms with Crippen LogP contribution in [0.15, 0.2) is 30.9 Å². The van der Waals surface area contributed by atoms with Gasteiger partial charge in [0.15, 0.2) is 0 Å². The van der Waals surface area contributed by atoms with E-state index in [1.165, 1.54) is 19.9 Å². The largest absolute Gasteiger partial charge is 0.352 e. The summed E-state index contributed by atoms with van der Waals surface area (Å²) in [6.07, 6.45) is 1.55. The number of carbonyl (C=O) groups excluding carboxylic acids is 2. The quantitative estimate of drug-likeness (QED) is 0.647. The molecule has 0 aromatic heterocycles. The van der Waals surface area contributed by atoms with E-state index in [1.54, 1.807) is 18.2 Å². The number of hydrogen-bond acceptors (Lipinski definition) is 2. The molecule has 1 rings (SSSR count). The van der Waals surface area contributed by atoms with Crippen LogP contribution in [0.5, 0.6) is 0 Å². The van der Waals surface area contributed by atoms with Gasteiger partial charge in [0.1, 0.15) is 5.41 Å². The monoisotopic (exact) mass is 314 g/mol. The fourth-order valence-electron chi connectivity index (χ4n) is 1.35. The summed E-state index contributed by atoms with van der Waals surface area (Å²) >= 11 is 11.7. The first-order valence-electron chi connectivity index (χ1n) is 5.94. The van der Waals surface area contributed by atoms with Crippen LogP contribution in [0.4, 0.5) is 5.69 Å². The highest BCUT2D eigenvalue weighted by Gasteiger charge is 2.35. The van der Waals surface area contributed by atoms with Crippen molar-refractivity contribution < 1.29 is 9.59 Å². The van der Waals surface area contributed by atoms with E-state index in [2.05, 4.69) is 17.2 Å². The lowest BCUT2D eigenvalue weighted by Gasteiger charge is -2.22. The van der Waals surface area contributed by atoms with Crippen LogP contribution in [0.3, 0.4) is 0 Å². The Morgan fingerprint density at radius 2 is 1.90 bits per heavy atom. The molecule has 2 N–H and O–H groups in total. The Kier molecular flexibility index (Phi) is 5.60. The molecule has 108 valence electrons. The van der Waals surface area contributed by atoms with Gasteiger partial charge in [-0.3, -0.25) is 9.59 Å². The van der Waals surface area contributed by atoms with Crippen LogP contribution in [0, 0.1) is 5.41 Å². The van der Waals surface area contributed by atoms with E-state index in [4.69, 9.17) is 23.2 Å². The number of anilines is 1. The van der Waals surface area contributed by atoms with Crippen molar-refractivity contribution in [3.05, 3.63) is 40.9 Å². The first kappa shape index (κ1) is 16.5. The van der Waals surface area contributed by atoms with Crippen molar-refractivity contribution in [3.8, 4) is 0 Å². The van der Waals surface area contributed by atoms with Crippen LogP contribution < -0.4 is 10.6 Å². The van der Waals surface area contributed by atoms with Crippen molar-refractivity contribution >= 4 is 40.7 Å². The van der Waals surface area contributed by atoms with Crippen LogP contribution in [0.25, 0.3) is 0 Å². The minimum absolute atomic E-state index is 0.308. The Bertz CT molecular complexity index is 542. The predicted octanol–water partition coefficient (Wildman–Crippen LogP) is 3.26. The van der Waals surface area contributed by atoms with Gasteiger partial charge >= 0.3 is 0 Å². The summed E-state index contributed by atoms with van der Waals surface area (Å²) in [4.78, 5) is 24.1. The normalized spacial score (nSPS) is 10.8. The van der Waals surface area contributed by atoms with Gasteiger partial charge in [-0.25, -0.2) is 0 Å². The maximum Gasteiger partial charge on any atom is 0.239 e. The Morgan fingerprint density at radius 1 is 1.25 bits per heavy atom. The van der Waals surface area contributed by atoms with E-state index in [9.17, 15) is 9.59 Å². The lowest BCUT2D eigenvalue weighted by molar-refractivity contribution is -0.138. The molecule has 1 aromatic carbocycles. The predicted molar refractivity (Wildman–Crippen MR) is 82.1 cm³/mol. The van der Waals surface area contributed by atoms with Gasteiger partial charge in [-0.1, -0.05) is 29.3 Å². The highest BCUT2D eigenvalue weighted by atomic mass is 35.5. The first-order valence-corrected chi connectivity index (χ1v) is 6.70. The van der Waals surface area contributed by atoms with Crippen molar-refractivity contribution in [2.45, 2.75) is 13.8 Å².